The average molecular weight is 342 g/mol. The second kappa shape index (κ2) is 8.00. The van der Waals surface area contributed by atoms with E-state index < -0.39 is 31.0 Å². The Morgan fingerprint density at radius 1 is 1.17 bits per heavy atom. The number of aliphatic hydroxyl groups is 5. The van der Waals surface area contributed by atoms with E-state index in [4.69, 9.17) is 15.6 Å². The number of ether oxygens (including phenoxy) is 1. The van der Waals surface area contributed by atoms with Crippen LogP contribution in [0.2, 0.25) is 0 Å². The molecule has 0 radical (unpaired) electrons. The van der Waals surface area contributed by atoms with Gasteiger partial charge in [0.1, 0.15) is 24.1 Å². The van der Waals surface area contributed by atoms with Gasteiger partial charge in [-0.25, -0.2) is 0 Å². The second-order valence-electron chi connectivity index (χ2n) is 5.92. The molecule has 0 saturated heterocycles. The van der Waals surface area contributed by atoms with Gasteiger partial charge in [0.2, 0.25) is 0 Å². The highest BCUT2D eigenvalue weighted by Crippen LogP contribution is 2.39. The molecule has 4 atom stereocenters. The number of hydrogen-bond donors (Lipinski definition) is 6. The predicted octanol–water partition coefficient (Wildman–Crippen LogP) is -1.53. The lowest BCUT2D eigenvalue weighted by atomic mass is 10.0. The molecule has 24 heavy (non-hydrogen) atoms. The molecule has 1 aliphatic rings. The zero-order chi connectivity index (χ0) is 17.9. The number of anilines is 2. The second-order valence-corrected chi connectivity index (χ2v) is 5.92. The molecule has 8 heteroatoms. The molecule has 0 bridgehead atoms. The third kappa shape index (κ3) is 3.73. The highest BCUT2D eigenvalue weighted by atomic mass is 16.5. The molecule has 0 saturated carbocycles. The fourth-order valence-corrected chi connectivity index (χ4v) is 2.85. The molecular formula is C16H26N2O6. The van der Waals surface area contributed by atoms with Crippen molar-refractivity contribution in [2.24, 2.45) is 0 Å². The van der Waals surface area contributed by atoms with E-state index in [-0.39, 0.29) is 6.54 Å². The van der Waals surface area contributed by atoms with Gasteiger partial charge in [-0.1, -0.05) is 0 Å². The summed E-state index contributed by atoms with van der Waals surface area (Å²) in [6.45, 7) is 2.27. The number of likely N-dealkylation sites (N-methyl/N-ethyl adjacent to an activating group) is 1. The first-order valence-electron chi connectivity index (χ1n) is 8.02. The number of rotatable bonds is 8. The first kappa shape index (κ1) is 18.8. The summed E-state index contributed by atoms with van der Waals surface area (Å²) in [6.07, 6.45) is -5.36. The Kier molecular flexibility index (Phi) is 6.25. The smallest absolute Gasteiger partial charge is 0.147 e. The Balaban J connectivity index is 2.14. The van der Waals surface area contributed by atoms with Crippen LogP contribution in [0, 0.1) is 0 Å². The van der Waals surface area contributed by atoms with E-state index in [0.717, 1.165) is 17.7 Å². The van der Waals surface area contributed by atoms with E-state index in [1.165, 1.54) is 0 Å². The highest BCUT2D eigenvalue weighted by Gasteiger charge is 2.32. The molecule has 2 rings (SSSR count). The fourth-order valence-electron chi connectivity index (χ4n) is 2.85. The number of benzene rings is 1. The lowest BCUT2D eigenvalue weighted by Gasteiger charge is -2.31. The Bertz CT molecular complexity index is 556. The van der Waals surface area contributed by atoms with Crippen LogP contribution in [0.5, 0.6) is 5.75 Å². The zero-order valence-corrected chi connectivity index (χ0v) is 13.7. The quantitative estimate of drug-likeness (QED) is 0.313. The number of aliphatic hydroxyl groups excluding tert-OH is 5. The topological polar surface area (TPSA) is 140 Å². The van der Waals surface area contributed by atoms with Gasteiger partial charge in [-0.15, -0.1) is 0 Å². The molecule has 8 nitrogen and oxygen atoms in total. The monoisotopic (exact) mass is 342 g/mol. The number of fused-ring (bicyclic) bond motifs is 1. The van der Waals surface area contributed by atoms with E-state index in [1.807, 2.05) is 6.92 Å². The summed E-state index contributed by atoms with van der Waals surface area (Å²) >= 11 is 0. The van der Waals surface area contributed by atoms with Crippen LogP contribution in [0.3, 0.4) is 0 Å². The van der Waals surface area contributed by atoms with Crippen molar-refractivity contribution in [2.75, 3.05) is 36.9 Å². The van der Waals surface area contributed by atoms with Crippen LogP contribution < -0.4 is 15.4 Å². The van der Waals surface area contributed by atoms with E-state index in [2.05, 4.69) is 0 Å². The van der Waals surface area contributed by atoms with Crippen molar-refractivity contribution in [3.05, 3.63) is 17.7 Å². The van der Waals surface area contributed by atoms with Crippen LogP contribution in [0.4, 0.5) is 11.4 Å². The van der Waals surface area contributed by atoms with Crippen LogP contribution in [0.15, 0.2) is 12.1 Å². The minimum atomic E-state index is -1.64. The van der Waals surface area contributed by atoms with Gasteiger partial charge in [-0.05, 0) is 19.1 Å². The predicted molar refractivity (Wildman–Crippen MR) is 89.1 cm³/mol. The first-order valence-corrected chi connectivity index (χ1v) is 8.02. The van der Waals surface area contributed by atoms with Crippen LogP contribution in [-0.4, -0.2) is 76.3 Å². The minimum Gasteiger partial charge on any atom is -0.491 e. The van der Waals surface area contributed by atoms with Gasteiger partial charge >= 0.3 is 0 Å². The van der Waals surface area contributed by atoms with Crippen LogP contribution >= 0.6 is 0 Å². The lowest BCUT2D eigenvalue weighted by molar-refractivity contribution is -0.112. The third-order valence-corrected chi connectivity index (χ3v) is 4.33. The van der Waals surface area contributed by atoms with E-state index >= 15 is 0 Å². The van der Waals surface area contributed by atoms with Crippen molar-refractivity contribution in [3.63, 3.8) is 0 Å². The molecule has 1 aromatic rings. The van der Waals surface area contributed by atoms with Crippen molar-refractivity contribution in [3.8, 4) is 5.75 Å². The highest BCUT2D eigenvalue weighted by molar-refractivity contribution is 5.70. The fraction of sp³-hybridized carbons (Fsp3) is 0.625. The summed E-state index contributed by atoms with van der Waals surface area (Å²) in [5, 5.41) is 48.1. The number of hydrogen-bond acceptors (Lipinski definition) is 8. The molecule has 7 N–H and O–H groups in total. The summed E-state index contributed by atoms with van der Waals surface area (Å²) < 4.78 is 5.65. The molecule has 1 heterocycles. The molecular weight excluding hydrogens is 316 g/mol. The summed E-state index contributed by atoms with van der Waals surface area (Å²) in [7, 11) is 0. The third-order valence-electron chi connectivity index (χ3n) is 4.33. The number of nitrogen functional groups attached to an aromatic ring is 1. The maximum absolute atomic E-state index is 10.2. The van der Waals surface area contributed by atoms with Gasteiger partial charge in [0.15, 0.2) is 0 Å². The van der Waals surface area contributed by atoms with Gasteiger partial charge < -0.3 is 40.9 Å². The molecule has 0 amide bonds. The van der Waals surface area contributed by atoms with Gasteiger partial charge in [0.05, 0.1) is 25.0 Å². The van der Waals surface area contributed by atoms with Gasteiger partial charge in [-0.2, -0.15) is 0 Å². The Morgan fingerprint density at radius 3 is 2.46 bits per heavy atom. The number of nitrogens with two attached hydrogens (primary N) is 1. The maximum Gasteiger partial charge on any atom is 0.147 e. The molecule has 1 aliphatic heterocycles. The SMILES string of the molecule is CCN(CC(O)C(O)C(O)C(O)CO)c1ccc(N)c2c1OCC2. The molecule has 0 aliphatic carbocycles. The van der Waals surface area contributed by atoms with Gasteiger partial charge in [0.25, 0.3) is 0 Å². The Morgan fingerprint density at radius 2 is 1.83 bits per heavy atom. The van der Waals surface area contributed by atoms with Gasteiger partial charge in [0, 0.05) is 30.8 Å². The lowest BCUT2D eigenvalue weighted by Crippen LogP contribution is -2.49. The van der Waals surface area contributed by atoms with Crippen molar-refractivity contribution < 1.29 is 30.3 Å². The van der Waals surface area contributed by atoms with Crippen LogP contribution in [0.25, 0.3) is 0 Å². The van der Waals surface area contributed by atoms with Crippen molar-refractivity contribution in [2.45, 2.75) is 37.8 Å². The standard InChI is InChI=1S/C16H26N2O6/c1-2-18(7-12(20)14(22)15(23)13(21)8-19)11-4-3-10(17)9-5-6-24-16(9)11/h3-4,12-15,19-23H,2,5-8,17H2,1H3. The van der Waals surface area contributed by atoms with Crippen molar-refractivity contribution in [1.29, 1.82) is 0 Å². The molecule has 1 aromatic carbocycles. The summed E-state index contributed by atoms with van der Waals surface area (Å²) in [4.78, 5) is 1.80. The molecule has 136 valence electrons. The largest absolute Gasteiger partial charge is 0.491 e. The van der Waals surface area contributed by atoms with E-state index in [9.17, 15) is 20.4 Å². The summed E-state index contributed by atoms with van der Waals surface area (Å²) in [5.41, 5.74) is 8.28. The van der Waals surface area contributed by atoms with E-state index in [1.54, 1.807) is 17.0 Å². The average Bonchev–Trinajstić information content (AvgIpc) is 3.08. The molecule has 4 unspecified atom stereocenters. The van der Waals surface area contributed by atoms with Crippen LogP contribution in [0.1, 0.15) is 12.5 Å². The summed E-state index contributed by atoms with van der Waals surface area (Å²) in [5.74, 6) is 0.675. The molecule has 0 aromatic heterocycles. The molecule has 0 spiro atoms. The molecule has 0 fully saturated rings. The Labute approximate surface area is 140 Å². The summed E-state index contributed by atoms with van der Waals surface area (Å²) in [6, 6.07) is 3.57. The van der Waals surface area contributed by atoms with Crippen molar-refractivity contribution in [1.82, 2.24) is 0 Å². The normalized spacial score (nSPS) is 18.4. The van der Waals surface area contributed by atoms with Crippen molar-refractivity contribution >= 4 is 11.4 Å². The maximum atomic E-state index is 10.2. The Hall–Kier alpha value is -1.58. The minimum absolute atomic E-state index is 0.0204. The zero-order valence-electron chi connectivity index (χ0n) is 13.7. The number of nitrogens with zero attached hydrogens (tertiary/aromatic N) is 1. The first-order chi connectivity index (χ1) is 11.4. The van der Waals surface area contributed by atoms with Crippen LogP contribution in [-0.2, 0) is 6.42 Å². The van der Waals surface area contributed by atoms with E-state index in [0.29, 0.717) is 24.6 Å². The van der Waals surface area contributed by atoms with Gasteiger partial charge in [-0.3, -0.25) is 0 Å².